The molecule has 0 saturated carbocycles. The van der Waals surface area contributed by atoms with Crippen molar-refractivity contribution in [2.75, 3.05) is 13.1 Å². The molecule has 0 aromatic heterocycles. The fourth-order valence-electron chi connectivity index (χ4n) is 2.05. The molecule has 1 saturated heterocycles. The van der Waals surface area contributed by atoms with Crippen molar-refractivity contribution in [3.8, 4) is 0 Å². The molecule has 1 aliphatic heterocycles. The van der Waals surface area contributed by atoms with E-state index in [-0.39, 0.29) is 5.91 Å². The molecule has 1 atom stereocenters. The van der Waals surface area contributed by atoms with Gasteiger partial charge in [0.15, 0.2) is 0 Å². The fourth-order valence-corrected chi connectivity index (χ4v) is 2.05. The maximum absolute atomic E-state index is 11.8. The van der Waals surface area contributed by atoms with Gasteiger partial charge < -0.3 is 15.7 Å². The summed E-state index contributed by atoms with van der Waals surface area (Å²) in [5.41, 5.74) is 5.35. The van der Waals surface area contributed by atoms with E-state index in [0.29, 0.717) is 25.9 Å². The molecule has 0 spiro atoms. The van der Waals surface area contributed by atoms with Crippen LogP contribution in [0.15, 0.2) is 0 Å². The number of piperidine rings is 1. The van der Waals surface area contributed by atoms with E-state index >= 15 is 0 Å². The molecule has 0 aliphatic carbocycles. The third-order valence-electron chi connectivity index (χ3n) is 2.95. The van der Waals surface area contributed by atoms with Crippen molar-refractivity contribution in [2.24, 2.45) is 5.73 Å². The number of hydrogen-bond donors (Lipinski definition) is 2. The van der Waals surface area contributed by atoms with Gasteiger partial charge >= 0.3 is 5.97 Å². The lowest BCUT2D eigenvalue weighted by Crippen LogP contribution is -2.47. The van der Waals surface area contributed by atoms with Crippen LogP contribution in [0.2, 0.25) is 0 Å². The number of aliphatic carboxylic acids is 1. The SMILES string of the molecule is NCCCCC(=O)N1CCCCC1C(=O)O. The van der Waals surface area contributed by atoms with E-state index in [1.807, 2.05) is 0 Å². The van der Waals surface area contributed by atoms with Crippen molar-refractivity contribution in [3.63, 3.8) is 0 Å². The van der Waals surface area contributed by atoms with Crippen LogP contribution in [0, 0.1) is 0 Å². The van der Waals surface area contributed by atoms with Gasteiger partial charge in [-0.2, -0.15) is 0 Å². The molecule has 3 N–H and O–H groups in total. The lowest BCUT2D eigenvalue weighted by Gasteiger charge is -2.33. The van der Waals surface area contributed by atoms with Gasteiger partial charge in [0.2, 0.25) is 5.91 Å². The first-order chi connectivity index (χ1) is 7.66. The van der Waals surface area contributed by atoms with Gasteiger partial charge in [-0.1, -0.05) is 0 Å². The van der Waals surface area contributed by atoms with Crippen molar-refractivity contribution in [2.45, 2.75) is 44.6 Å². The van der Waals surface area contributed by atoms with Crippen molar-refractivity contribution < 1.29 is 14.7 Å². The number of carboxylic acids is 1. The Hall–Kier alpha value is -1.10. The number of likely N-dealkylation sites (tertiary alicyclic amines) is 1. The number of carbonyl (C=O) groups is 2. The van der Waals surface area contributed by atoms with E-state index < -0.39 is 12.0 Å². The average molecular weight is 228 g/mol. The van der Waals surface area contributed by atoms with Gasteiger partial charge in [0, 0.05) is 13.0 Å². The smallest absolute Gasteiger partial charge is 0.326 e. The van der Waals surface area contributed by atoms with Crippen molar-refractivity contribution in [1.82, 2.24) is 4.90 Å². The first-order valence-corrected chi connectivity index (χ1v) is 5.89. The predicted octanol–water partition coefficient (Wildman–Crippen LogP) is 0.581. The van der Waals surface area contributed by atoms with Crippen LogP contribution in [-0.2, 0) is 9.59 Å². The Morgan fingerprint density at radius 3 is 2.69 bits per heavy atom. The molecule has 1 unspecified atom stereocenters. The number of carboxylic acid groups (broad SMARTS) is 1. The highest BCUT2D eigenvalue weighted by Gasteiger charge is 2.31. The Kier molecular flexibility index (Phi) is 5.25. The molecule has 1 amide bonds. The standard InChI is InChI=1S/C11H20N2O3/c12-7-3-1-6-10(14)13-8-4-2-5-9(13)11(15)16/h9H,1-8,12H2,(H,15,16). The number of carbonyl (C=O) groups excluding carboxylic acids is 1. The Labute approximate surface area is 95.6 Å². The Morgan fingerprint density at radius 2 is 2.06 bits per heavy atom. The molecule has 1 rings (SSSR count). The summed E-state index contributed by atoms with van der Waals surface area (Å²) in [5, 5.41) is 9.02. The van der Waals surface area contributed by atoms with Crippen LogP contribution in [0.4, 0.5) is 0 Å². The first-order valence-electron chi connectivity index (χ1n) is 5.89. The number of amides is 1. The molecule has 0 bridgehead atoms. The molecule has 0 aromatic carbocycles. The fraction of sp³-hybridized carbons (Fsp3) is 0.818. The number of unbranched alkanes of at least 4 members (excludes halogenated alkanes) is 1. The van der Waals surface area contributed by atoms with Gasteiger partial charge in [0.25, 0.3) is 0 Å². The van der Waals surface area contributed by atoms with E-state index in [9.17, 15) is 9.59 Å². The summed E-state index contributed by atoms with van der Waals surface area (Å²) in [7, 11) is 0. The molecule has 1 fully saturated rings. The predicted molar refractivity (Wildman–Crippen MR) is 59.9 cm³/mol. The molecule has 5 heteroatoms. The number of nitrogens with two attached hydrogens (primary N) is 1. The molecule has 5 nitrogen and oxygen atoms in total. The van der Waals surface area contributed by atoms with Gasteiger partial charge in [-0.05, 0) is 38.6 Å². The summed E-state index contributed by atoms with van der Waals surface area (Å²) in [6.45, 7) is 1.16. The quantitative estimate of drug-likeness (QED) is 0.674. The van der Waals surface area contributed by atoms with Crippen LogP contribution in [0.1, 0.15) is 38.5 Å². The van der Waals surface area contributed by atoms with Gasteiger partial charge in [0.05, 0.1) is 0 Å². The third-order valence-corrected chi connectivity index (χ3v) is 2.95. The van der Waals surface area contributed by atoms with E-state index in [1.165, 1.54) is 4.90 Å². The summed E-state index contributed by atoms with van der Waals surface area (Å²) < 4.78 is 0. The second kappa shape index (κ2) is 6.48. The largest absolute Gasteiger partial charge is 0.480 e. The number of hydrogen-bond acceptors (Lipinski definition) is 3. The highest BCUT2D eigenvalue weighted by Crippen LogP contribution is 2.18. The summed E-state index contributed by atoms with van der Waals surface area (Å²) in [6.07, 6.45) is 4.37. The second-order valence-corrected chi connectivity index (χ2v) is 4.18. The normalized spacial score (nSPS) is 20.8. The summed E-state index contributed by atoms with van der Waals surface area (Å²) in [6, 6.07) is -0.612. The zero-order valence-electron chi connectivity index (χ0n) is 9.52. The maximum Gasteiger partial charge on any atom is 0.326 e. The van der Waals surface area contributed by atoms with E-state index in [0.717, 1.165) is 25.7 Å². The van der Waals surface area contributed by atoms with Crippen molar-refractivity contribution in [1.29, 1.82) is 0 Å². The van der Waals surface area contributed by atoms with Crippen LogP contribution < -0.4 is 5.73 Å². The van der Waals surface area contributed by atoms with Crippen LogP contribution in [-0.4, -0.2) is 41.0 Å². The van der Waals surface area contributed by atoms with Gasteiger partial charge in [0.1, 0.15) is 6.04 Å². The summed E-state index contributed by atoms with van der Waals surface area (Å²) in [4.78, 5) is 24.3. The van der Waals surface area contributed by atoms with Gasteiger partial charge in [-0.15, -0.1) is 0 Å². The van der Waals surface area contributed by atoms with Crippen molar-refractivity contribution in [3.05, 3.63) is 0 Å². The third kappa shape index (κ3) is 3.48. The lowest BCUT2D eigenvalue weighted by molar-refractivity contribution is -0.152. The minimum atomic E-state index is -0.883. The van der Waals surface area contributed by atoms with E-state index in [1.54, 1.807) is 0 Å². The summed E-state index contributed by atoms with van der Waals surface area (Å²) in [5.74, 6) is -0.924. The molecule has 16 heavy (non-hydrogen) atoms. The number of nitrogens with zero attached hydrogens (tertiary/aromatic N) is 1. The first kappa shape index (κ1) is 13.0. The molecule has 1 aliphatic rings. The average Bonchev–Trinajstić information content (AvgIpc) is 2.29. The maximum atomic E-state index is 11.8. The molecule has 0 aromatic rings. The highest BCUT2D eigenvalue weighted by atomic mass is 16.4. The Morgan fingerprint density at radius 1 is 1.31 bits per heavy atom. The monoisotopic (exact) mass is 228 g/mol. The Balaban J connectivity index is 2.47. The molecule has 92 valence electrons. The lowest BCUT2D eigenvalue weighted by atomic mass is 10.0. The zero-order valence-corrected chi connectivity index (χ0v) is 9.52. The molecular formula is C11H20N2O3. The molecule has 1 heterocycles. The topological polar surface area (TPSA) is 83.6 Å². The van der Waals surface area contributed by atoms with E-state index in [4.69, 9.17) is 10.8 Å². The van der Waals surface area contributed by atoms with Gasteiger partial charge in [-0.25, -0.2) is 4.79 Å². The van der Waals surface area contributed by atoms with Crippen molar-refractivity contribution >= 4 is 11.9 Å². The summed E-state index contributed by atoms with van der Waals surface area (Å²) >= 11 is 0. The molecular weight excluding hydrogens is 208 g/mol. The highest BCUT2D eigenvalue weighted by molar-refractivity contribution is 5.83. The van der Waals surface area contributed by atoms with Crippen LogP contribution in [0.3, 0.4) is 0 Å². The van der Waals surface area contributed by atoms with Crippen LogP contribution in [0.5, 0.6) is 0 Å². The van der Waals surface area contributed by atoms with Crippen LogP contribution >= 0.6 is 0 Å². The molecule has 0 radical (unpaired) electrons. The Bertz CT molecular complexity index is 256. The second-order valence-electron chi connectivity index (χ2n) is 4.18. The zero-order chi connectivity index (χ0) is 12.0. The number of rotatable bonds is 5. The minimum absolute atomic E-state index is 0.0412. The van der Waals surface area contributed by atoms with E-state index in [2.05, 4.69) is 0 Å². The van der Waals surface area contributed by atoms with Crippen LogP contribution in [0.25, 0.3) is 0 Å². The minimum Gasteiger partial charge on any atom is -0.480 e. The van der Waals surface area contributed by atoms with Gasteiger partial charge in [-0.3, -0.25) is 4.79 Å².